The van der Waals surface area contributed by atoms with Crippen molar-refractivity contribution in [3.8, 4) is 5.75 Å². The fourth-order valence-electron chi connectivity index (χ4n) is 2.14. The lowest BCUT2D eigenvalue weighted by molar-refractivity contribution is 0.219. The first kappa shape index (κ1) is 13.6. The zero-order valence-electron chi connectivity index (χ0n) is 11.9. The summed E-state index contributed by atoms with van der Waals surface area (Å²) in [5.41, 5.74) is 4.38. The number of nitrogens with one attached hydrogen (secondary N) is 2. The highest BCUT2D eigenvalue weighted by atomic mass is 16.5. The molecule has 0 spiro atoms. The summed E-state index contributed by atoms with van der Waals surface area (Å²) in [5, 5.41) is 10.6. The predicted octanol–water partition coefficient (Wildman–Crippen LogP) is 2.89. The molecule has 1 aromatic carbocycles. The number of para-hydroxylation sites is 1. The van der Waals surface area contributed by atoms with Gasteiger partial charge in [0.2, 0.25) is 0 Å². The van der Waals surface area contributed by atoms with Gasteiger partial charge in [-0.15, -0.1) is 0 Å². The third kappa shape index (κ3) is 2.96. The van der Waals surface area contributed by atoms with Gasteiger partial charge in [0, 0.05) is 17.8 Å². The van der Waals surface area contributed by atoms with Crippen molar-refractivity contribution < 1.29 is 4.74 Å². The van der Waals surface area contributed by atoms with Crippen LogP contribution in [0.3, 0.4) is 0 Å². The van der Waals surface area contributed by atoms with Crippen molar-refractivity contribution in [2.45, 2.75) is 33.4 Å². The lowest BCUT2D eigenvalue weighted by Gasteiger charge is -2.16. The second kappa shape index (κ2) is 5.89. The highest BCUT2D eigenvalue weighted by molar-refractivity contribution is 5.33. The Balaban J connectivity index is 2.20. The van der Waals surface area contributed by atoms with E-state index in [1.807, 2.05) is 52.1 Å². The van der Waals surface area contributed by atoms with Crippen molar-refractivity contribution in [2.75, 3.05) is 7.05 Å². The van der Waals surface area contributed by atoms with Gasteiger partial charge in [-0.2, -0.15) is 5.10 Å². The third-order valence-electron chi connectivity index (χ3n) is 3.24. The SMILES string of the molecule is CNCc1c(C(C)Oc2ccccc2C)n[nH]c1C. The first-order valence-electron chi connectivity index (χ1n) is 6.54. The van der Waals surface area contributed by atoms with Gasteiger partial charge in [-0.3, -0.25) is 5.10 Å². The molecule has 0 fully saturated rings. The number of nitrogens with zero attached hydrogens (tertiary/aromatic N) is 1. The number of ether oxygens (including phenoxy) is 1. The lowest BCUT2D eigenvalue weighted by Crippen LogP contribution is -2.12. The first-order valence-corrected chi connectivity index (χ1v) is 6.54. The van der Waals surface area contributed by atoms with Crippen molar-refractivity contribution >= 4 is 0 Å². The highest BCUT2D eigenvalue weighted by Gasteiger charge is 2.18. The molecule has 0 aliphatic rings. The molecule has 0 amide bonds. The van der Waals surface area contributed by atoms with E-state index in [-0.39, 0.29) is 6.10 Å². The van der Waals surface area contributed by atoms with Crippen LogP contribution in [0.15, 0.2) is 24.3 Å². The second-order valence-corrected chi connectivity index (χ2v) is 4.77. The average Bonchev–Trinajstić information content (AvgIpc) is 2.75. The quantitative estimate of drug-likeness (QED) is 0.868. The van der Waals surface area contributed by atoms with E-state index in [1.165, 1.54) is 5.56 Å². The van der Waals surface area contributed by atoms with Gasteiger partial charge in [-0.05, 0) is 39.4 Å². The largest absolute Gasteiger partial charge is 0.484 e. The Morgan fingerprint density at radius 1 is 1.32 bits per heavy atom. The maximum absolute atomic E-state index is 6.02. The molecule has 0 aliphatic heterocycles. The molecule has 1 aromatic heterocycles. The van der Waals surface area contributed by atoms with Crippen LogP contribution >= 0.6 is 0 Å². The molecule has 2 N–H and O–H groups in total. The second-order valence-electron chi connectivity index (χ2n) is 4.77. The van der Waals surface area contributed by atoms with Crippen molar-refractivity contribution in [1.29, 1.82) is 0 Å². The van der Waals surface area contributed by atoms with E-state index in [9.17, 15) is 0 Å². The topological polar surface area (TPSA) is 49.9 Å². The van der Waals surface area contributed by atoms with Crippen LogP contribution in [0.2, 0.25) is 0 Å². The number of aromatic nitrogens is 2. The van der Waals surface area contributed by atoms with Gasteiger partial charge < -0.3 is 10.1 Å². The molecule has 0 saturated heterocycles. The molecule has 0 radical (unpaired) electrons. The van der Waals surface area contributed by atoms with E-state index in [4.69, 9.17) is 4.74 Å². The minimum absolute atomic E-state index is 0.0746. The molecular weight excluding hydrogens is 238 g/mol. The molecule has 0 bridgehead atoms. The van der Waals surface area contributed by atoms with Crippen LogP contribution in [-0.2, 0) is 6.54 Å². The Kier molecular flexibility index (Phi) is 4.22. The van der Waals surface area contributed by atoms with E-state index in [0.29, 0.717) is 0 Å². The summed E-state index contributed by atoms with van der Waals surface area (Å²) >= 11 is 0. The molecule has 1 unspecified atom stereocenters. The van der Waals surface area contributed by atoms with Crippen LogP contribution in [0.4, 0.5) is 0 Å². The minimum atomic E-state index is -0.0746. The Morgan fingerprint density at radius 2 is 2.05 bits per heavy atom. The van der Waals surface area contributed by atoms with Crippen LogP contribution in [-0.4, -0.2) is 17.2 Å². The van der Waals surface area contributed by atoms with Crippen LogP contribution in [0.5, 0.6) is 5.75 Å². The molecule has 102 valence electrons. The number of aryl methyl sites for hydroxylation is 2. The molecule has 4 heteroatoms. The van der Waals surface area contributed by atoms with Crippen molar-refractivity contribution in [2.24, 2.45) is 0 Å². The molecule has 19 heavy (non-hydrogen) atoms. The molecule has 1 atom stereocenters. The highest BCUT2D eigenvalue weighted by Crippen LogP contribution is 2.26. The maximum Gasteiger partial charge on any atom is 0.140 e. The lowest BCUT2D eigenvalue weighted by atomic mass is 10.1. The molecule has 0 aliphatic carbocycles. The number of benzene rings is 1. The Bertz CT molecular complexity index is 548. The summed E-state index contributed by atoms with van der Waals surface area (Å²) in [6, 6.07) is 8.03. The van der Waals surface area contributed by atoms with Crippen LogP contribution in [0.25, 0.3) is 0 Å². The molecular formula is C15H21N3O. The summed E-state index contributed by atoms with van der Waals surface area (Å²) in [6.45, 7) is 6.90. The summed E-state index contributed by atoms with van der Waals surface area (Å²) in [6.07, 6.45) is -0.0746. The number of H-pyrrole nitrogens is 1. The summed E-state index contributed by atoms with van der Waals surface area (Å²) in [4.78, 5) is 0. The van der Waals surface area contributed by atoms with Crippen molar-refractivity contribution in [3.05, 3.63) is 46.8 Å². The summed E-state index contributed by atoms with van der Waals surface area (Å²) < 4.78 is 6.02. The van der Waals surface area contributed by atoms with E-state index < -0.39 is 0 Å². The van der Waals surface area contributed by atoms with Crippen LogP contribution in [0, 0.1) is 13.8 Å². The van der Waals surface area contributed by atoms with Gasteiger partial charge in [0.1, 0.15) is 17.5 Å². The summed E-state index contributed by atoms with van der Waals surface area (Å²) in [7, 11) is 1.93. The van der Waals surface area contributed by atoms with Gasteiger partial charge in [0.05, 0.1) is 0 Å². The molecule has 4 nitrogen and oxygen atoms in total. The minimum Gasteiger partial charge on any atom is -0.484 e. The van der Waals surface area contributed by atoms with Crippen LogP contribution < -0.4 is 10.1 Å². The van der Waals surface area contributed by atoms with E-state index in [2.05, 4.69) is 15.5 Å². The molecule has 0 saturated carbocycles. The summed E-state index contributed by atoms with van der Waals surface area (Å²) in [5.74, 6) is 0.908. The Hall–Kier alpha value is -1.81. The van der Waals surface area contributed by atoms with Crippen molar-refractivity contribution in [3.63, 3.8) is 0 Å². The Morgan fingerprint density at radius 3 is 2.74 bits per heavy atom. The standard InChI is InChI=1S/C15H21N3O/c1-10-7-5-6-8-14(10)19-12(3)15-13(9-16-4)11(2)17-18-15/h5-8,12,16H,9H2,1-4H3,(H,17,18). The maximum atomic E-state index is 6.02. The third-order valence-corrected chi connectivity index (χ3v) is 3.24. The first-order chi connectivity index (χ1) is 9.13. The number of aromatic amines is 1. The molecule has 2 rings (SSSR count). The average molecular weight is 259 g/mol. The normalized spacial score (nSPS) is 12.4. The van der Waals surface area contributed by atoms with Gasteiger partial charge in [0.15, 0.2) is 0 Å². The number of hydrogen-bond donors (Lipinski definition) is 2. The van der Waals surface area contributed by atoms with Gasteiger partial charge >= 0.3 is 0 Å². The van der Waals surface area contributed by atoms with Gasteiger partial charge in [0.25, 0.3) is 0 Å². The zero-order chi connectivity index (χ0) is 13.8. The van der Waals surface area contributed by atoms with E-state index in [0.717, 1.165) is 29.2 Å². The fourth-order valence-corrected chi connectivity index (χ4v) is 2.14. The molecule has 1 heterocycles. The fraction of sp³-hybridized carbons (Fsp3) is 0.400. The smallest absolute Gasteiger partial charge is 0.140 e. The monoisotopic (exact) mass is 259 g/mol. The number of hydrogen-bond acceptors (Lipinski definition) is 3. The zero-order valence-corrected chi connectivity index (χ0v) is 11.9. The Labute approximate surface area is 114 Å². The predicted molar refractivity (Wildman–Crippen MR) is 76.3 cm³/mol. The number of rotatable bonds is 5. The van der Waals surface area contributed by atoms with Gasteiger partial charge in [-0.25, -0.2) is 0 Å². The van der Waals surface area contributed by atoms with Crippen molar-refractivity contribution in [1.82, 2.24) is 15.5 Å². The van der Waals surface area contributed by atoms with E-state index in [1.54, 1.807) is 0 Å². The van der Waals surface area contributed by atoms with Crippen LogP contribution in [0.1, 0.15) is 35.5 Å². The van der Waals surface area contributed by atoms with E-state index >= 15 is 0 Å². The molecule has 2 aromatic rings. The van der Waals surface area contributed by atoms with Gasteiger partial charge in [-0.1, -0.05) is 18.2 Å².